The molecule has 1 atom stereocenters. The highest BCUT2D eigenvalue weighted by Crippen LogP contribution is 2.32. The molecular formula is C20H24N2O2. The number of hydrogen-bond acceptors (Lipinski definition) is 2. The molecule has 4 heteroatoms. The summed E-state index contributed by atoms with van der Waals surface area (Å²) < 4.78 is 5.22. The summed E-state index contributed by atoms with van der Waals surface area (Å²) in [6.45, 7) is 3.40. The fourth-order valence-electron chi connectivity index (χ4n) is 3.21. The van der Waals surface area contributed by atoms with Gasteiger partial charge in [0.1, 0.15) is 5.75 Å². The van der Waals surface area contributed by atoms with Gasteiger partial charge in [0.2, 0.25) is 0 Å². The summed E-state index contributed by atoms with van der Waals surface area (Å²) in [4.78, 5) is 14.6. The smallest absolute Gasteiger partial charge is 0.318 e. The number of amides is 2. The Bertz CT molecular complexity index is 697. The van der Waals surface area contributed by atoms with Crippen LogP contribution in [0.15, 0.2) is 48.5 Å². The van der Waals surface area contributed by atoms with E-state index in [0.717, 1.165) is 30.7 Å². The van der Waals surface area contributed by atoms with Crippen molar-refractivity contribution in [2.24, 2.45) is 0 Å². The van der Waals surface area contributed by atoms with Crippen molar-refractivity contribution in [3.63, 3.8) is 0 Å². The number of urea groups is 1. The van der Waals surface area contributed by atoms with Crippen molar-refractivity contribution >= 4 is 6.03 Å². The Labute approximate surface area is 143 Å². The minimum absolute atomic E-state index is 0.000829. The monoisotopic (exact) mass is 324 g/mol. The second-order valence-electron chi connectivity index (χ2n) is 6.27. The van der Waals surface area contributed by atoms with Crippen molar-refractivity contribution in [1.82, 2.24) is 10.2 Å². The molecule has 0 radical (unpaired) electrons. The zero-order valence-corrected chi connectivity index (χ0v) is 14.3. The number of benzene rings is 2. The molecule has 0 bridgehead atoms. The van der Waals surface area contributed by atoms with Gasteiger partial charge in [0, 0.05) is 13.1 Å². The van der Waals surface area contributed by atoms with Crippen LogP contribution in [0.4, 0.5) is 4.79 Å². The number of hydrogen-bond donors (Lipinski definition) is 1. The second kappa shape index (κ2) is 7.39. The van der Waals surface area contributed by atoms with E-state index in [2.05, 4.69) is 36.5 Å². The lowest BCUT2D eigenvalue weighted by Gasteiger charge is -2.25. The maximum Gasteiger partial charge on any atom is 0.318 e. The first-order valence-corrected chi connectivity index (χ1v) is 8.41. The average Bonchev–Trinajstić information content (AvgIpc) is 3.10. The van der Waals surface area contributed by atoms with Crippen LogP contribution in [0.1, 0.15) is 35.6 Å². The molecule has 1 fully saturated rings. The van der Waals surface area contributed by atoms with Crippen molar-refractivity contribution in [2.45, 2.75) is 32.4 Å². The SMILES string of the molecule is COc1cccc(CNC(=O)N2CCCC2c2ccc(C)cc2)c1. The Morgan fingerprint density at radius 3 is 2.79 bits per heavy atom. The van der Waals surface area contributed by atoms with Crippen molar-refractivity contribution in [3.05, 3.63) is 65.2 Å². The maximum atomic E-state index is 12.6. The highest BCUT2D eigenvalue weighted by atomic mass is 16.5. The lowest BCUT2D eigenvalue weighted by molar-refractivity contribution is 0.192. The maximum absolute atomic E-state index is 12.6. The minimum atomic E-state index is 0.000829. The third-order valence-corrected chi connectivity index (χ3v) is 4.55. The molecule has 2 amide bonds. The van der Waals surface area contributed by atoms with Gasteiger partial charge < -0.3 is 15.0 Å². The van der Waals surface area contributed by atoms with Crippen LogP contribution in [-0.2, 0) is 6.54 Å². The number of nitrogens with one attached hydrogen (secondary N) is 1. The van der Waals surface area contributed by atoms with Crippen molar-refractivity contribution in [3.8, 4) is 5.75 Å². The predicted molar refractivity (Wildman–Crippen MR) is 95.1 cm³/mol. The molecule has 0 aromatic heterocycles. The molecule has 1 heterocycles. The Morgan fingerprint density at radius 2 is 2.04 bits per heavy atom. The molecule has 3 rings (SSSR count). The topological polar surface area (TPSA) is 41.6 Å². The van der Waals surface area contributed by atoms with E-state index in [1.807, 2.05) is 29.2 Å². The molecule has 0 spiro atoms. The molecule has 4 nitrogen and oxygen atoms in total. The molecule has 0 saturated carbocycles. The van der Waals surface area contributed by atoms with E-state index in [0.29, 0.717) is 6.54 Å². The largest absolute Gasteiger partial charge is 0.497 e. The van der Waals surface area contributed by atoms with Crippen LogP contribution in [-0.4, -0.2) is 24.6 Å². The molecule has 1 unspecified atom stereocenters. The van der Waals surface area contributed by atoms with Gasteiger partial charge in [-0.25, -0.2) is 4.79 Å². The Kier molecular flexibility index (Phi) is 5.04. The Hall–Kier alpha value is -2.49. The quantitative estimate of drug-likeness (QED) is 0.922. The molecule has 1 N–H and O–H groups in total. The summed E-state index contributed by atoms with van der Waals surface area (Å²) in [6, 6.07) is 16.4. The van der Waals surface area contributed by atoms with E-state index in [-0.39, 0.29) is 12.1 Å². The number of ether oxygens (including phenoxy) is 1. The zero-order chi connectivity index (χ0) is 16.9. The van der Waals surface area contributed by atoms with Gasteiger partial charge in [-0.3, -0.25) is 0 Å². The van der Waals surface area contributed by atoms with Crippen molar-refractivity contribution in [2.75, 3.05) is 13.7 Å². The lowest BCUT2D eigenvalue weighted by atomic mass is 10.0. The number of nitrogens with zero attached hydrogens (tertiary/aromatic N) is 1. The third kappa shape index (κ3) is 3.70. The number of rotatable bonds is 4. The zero-order valence-electron chi connectivity index (χ0n) is 14.3. The van der Waals surface area contributed by atoms with Crippen LogP contribution in [0.3, 0.4) is 0 Å². The first-order valence-electron chi connectivity index (χ1n) is 8.41. The average molecular weight is 324 g/mol. The van der Waals surface area contributed by atoms with E-state index < -0.39 is 0 Å². The summed E-state index contributed by atoms with van der Waals surface area (Å²) in [6.07, 6.45) is 2.07. The molecule has 0 aliphatic carbocycles. The molecule has 1 aliphatic rings. The van der Waals surface area contributed by atoms with Gasteiger partial charge in [0.25, 0.3) is 0 Å². The van der Waals surface area contributed by atoms with E-state index in [9.17, 15) is 4.79 Å². The van der Waals surface area contributed by atoms with E-state index in [1.165, 1.54) is 11.1 Å². The third-order valence-electron chi connectivity index (χ3n) is 4.55. The van der Waals surface area contributed by atoms with E-state index in [1.54, 1.807) is 7.11 Å². The Morgan fingerprint density at radius 1 is 1.25 bits per heavy atom. The molecule has 2 aromatic carbocycles. The van der Waals surface area contributed by atoms with Crippen LogP contribution in [0.5, 0.6) is 5.75 Å². The van der Waals surface area contributed by atoms with Gasteiger partial charge in [-0.05, 0) is 43.0 Å². The predicted octanol–water partition coefficient (Wildman–Crippen LogP) is 4.05. The number of carbonyl (C=O) groups is 1. The normalized spacial score (nSPS) is 16.9. The van der Waals surface area contributed by atoms with Gasteiger partial charge in [0.15, 0.2) is 0 Å². The molecule has 2 aromatic rings. The standard InChI is InChI=1S/C20H24N2O2/c1-15-8-10-17(11-9-15)19-7-4-12-22(19)20(23)21-14-16-5-3-6-18(13-16)24-2/h3,5-6,8-11,13,19H,4,7,12,14H2,1-2H3,(H,21,23). The molecule has 1 saturated heterocycles. The summed E-state index contributed by atoms with van der Waals surface area (Å²) in [5.41, 5.74) is 3.49. The summed E-state index contributed by atoms with van der Waals surface area (Å²) in [7, 11) is 1.65. The fourth-order valence-corrected chi connectivity index (χ4v) is 3.21. The van der Waals surface area contributed by atoms with Crippen LogP contribution in [0, 0.1) is 6.92 Å². The lowest BCUT2D eigenvalue weighted by Crippen LogP contribution is -2.39. The molecule has 24 heavy (non-hydrogen) atoms. The fraction of sp³-hybridized carbons (Fsp3) is 0.350. The number of carbonyl (C=O) groups excluding carboxylic acids is 1. The van der Waals surface area contributed by atoms with Gasteiger partial charge in [-0.15, -0.1) is 0 Å². The van der Waals surface area contributed by atoms with Crippen LogP contribution in [0.2, 0.25) is 0 Å². The summed E-state index contributed by atoms with van der Waals surface area (Å²) >= 11 is 0. The van der Waals surface area contributed by atoms with Gasteiger partial charge in [-0.2, -0.15) is 0 Å². The highest BCUT2D eigenvalue weighted by Gasteiger charge is 2.29. The molecule has 1 aliphatic heterocycles. The van der Waals surface area contributed by atoms with Crippen LogP contribution < -0.4 is 10.1 Å². The van der Waals surface area contributed by atoms with Crippen LogP contribution >= 0.6 is 0 Å². The first kappa shape index (κ1) is 16.4. The number of aryl methyl sites for hydroxylation is 1. The molecular weight excluding hydrogens is 300 g/mol. The minimum Gasteiger partial charge on any atom is -0.497 e. The van der Waals surface area contributed by atoms with Gasteiger partial charge in [-0.1, -0.05) is 42.0 Å². The number of methoxy groups -OCH3 is 1. The van der Waals surface area contributed by atoms with Crippen LogP contribution in [0.25, 0.3) is 0 Å². The van der Waals surface area contributed by atoms with Crippen molar-refractivity contribution < 1.29 is 9.53 Å². The van der Waals surface area contributed by atoms with Crippen molar-refractivity contribution in [1.29, 1.82) is 0 Å². The Balaban J connectivity index is 1.64. The van der Waals surface area contributed by atoms with Gasteiger partial charge >= 0.3 is 6.03 Å². The van der Waals surface area contributed by atoms with E-state index >= 15 is 0 Å². The first-order chi connectivity index (χ1) is 11.7. The summed E-state index contributed by atoms with van der Waals surface area (Å²) in [5, 5.41) is 3.03. The van der Waals surface area contributed by atoms with Gasteiger partial charge in [0.05, 0.1) is 13.2 Å². The van der Waals surface area contributed by atoms with E-state index in [4.69, 9.17) is 4.74 Å². The summed E-state index contributed by atoms with van der Waals surface area (Å²) in [5.74, 6) is 0.806. The highest BCUT2D eigenvalue weighted by molar-refractivity contribution is 5.75. The second-order valence-corrected chi connectivity index (χ2v) is 6.27. The molecule has 126 valence electrons. The number of likely N-dealkylation sites (tertiary alicyclic amines) is 1.